The number of nitrogens with one attached hydrogen (secondary N) is 3. The SMILES string of the molecule is O=S(=O)(CC(F)(F)F)Nc1ccc(-c2cc(Nc3ccccn3)n[nH]2)cc1OCc1ccc(Cl)cc1. The molecule has 0 atom stereocenters. The second-order valence-corrected chi connectivity index (χ2v) is 9.77. The van der Waals surface area contributed by atoms with E-state index >= 15 is 0 Å². The second-order valence-electron chi connectivity index (χ2n) is 7.61. The van der Waals surface area contributed by atoms with Gasteiger partial charge in [-0.15, -0.1) is 0 Å². The summed E-state index contributed by atoms with van der Waals surface area (Å²) in [6, 6.07) is 18.1. The van der Waals surface area contributed by atoms with E-state index in [4.69, 9.17) is 16.3 Å². The third-order valence-corrected chi connectivity index (χ3v) is 6.21. The lowest BCUT2D eigenvalue weighted by atomic mass is 10.1. The lowest BCUT2D eigenvalue weighted by Gasteiger charge is -2.16. The third kappa shape index (κ3) is 7.12. The maximum Gasteiger partial charge on any atom is 0.404 e. The van der Waals surface area contributed by atoms with E-state index in [0.29, 0.717) is 27.9 Å². The molecule has 2 aromatic heterocycles. The van der Waals surface area contributed by atoms with E-state index < -0.39 is 22.0 Å². The summed E-state index contributed by atoms with van der Waals surface area (Å²) in [6.07, 6.45) is -3.28. The lowest BCUT2D eigenvalue weighted by Crippen LogP contribution is -2.28. The molecular weight excluding hydrogens is 519 g/mol. The van der Waals surface area contributed by atoms with Crippen LogP contribution in [0.2, 0.25) is 5.02 Å². The highest BCUT2D eigenvalue weighted by Gasteiger charge is 2.35. The maximum absolute atomic E-state index is 12.7. The van der Waals surface area contributed by atoms with Crippen molar-refractivity contribution in [2.75, 3.05) is 15.8 Å². The van der Waals surface area contributed by atoms with Gasteiger partial charge in [0, 0.05) is 22.8 Å². The maximum atomic E-state index is 12.7. The Hall–Kier alpha value is -3.77. The smallest absolute Gasteiger partial charge is 0.404 e. The van der Waals surface area contributed by atoms with Crippen molar-refractivity contribution in [1.29, 1.82) is 0 Å². The molecule has 0 fully saturated rings. The molecule has 4 aromatic rings. The first-order valence-electron chi connectivity index (χ1n) is 10.4. The first-order chi connectivity index (χ1) is 17.1. The minimum Gasteiger partial charge on any atom is -0.487 e. The summed E-state index contributed by atoms with van der Waals surface area (Å²) >= 11 is 5.89. The van der Waals surface area contributed by atoms with Gasteiger partial charge in [0.25, 0.3) is 0 Å². The second kappa shape index (κ2) is 10.5. The molecule has 3 N–H and O–H groups in total. The topological polar surface area (TPSA) is 109 Å². The van der Waals surface area contributed by atoms with Crippen LogP contribution in [0.25, 0.3) is 11.3 Å². The fourth-order valence-corrected chi connectivity index (χ4v) is 4.29. The largest absolute Gasteiger partial charge is 0.487 e. The number of aromatic nitrogens is 3. The molecule has 4 rings (SSSR count). The Balaban J connectivity index is 1.60. The molecule has 188 valence electrons. The van der Waals surface area contributed by atoms with E-state index in [2.05, 4.69) is 20.5 Å². The molecule has 0 radical (unpaired) electrons. The van der Waals surface area contributed by atoms with Gasteiger partial charge in [-0.25, -0.2) is 13.4 Å². The number of hydrogen-bond acceptors (Lipinski definition) is 6. The van der Waals surface area contributed by atoms with Gasteiger partial charge < -0.3 is 10.1 Å². The number of aromatic amines is 1. The molecule has 2 heterocycles. The lowest BCUT2D eigenvalue weighted by molar-refractivity contribution is -0.106. The molecule has 0 aliphatic heterocycles. The summed E-state index contributed by atoms with van der Waals surface area (Å²) in [7, 11) is -4.72. The van der Waals surface area contributed by atoms with Crippen molar-refractivity contribution in [2.45, 2.75) is 12.8 Å². The van der Waals surface area contributed by atoms with E-state index in [0.717, 1.165) is 5.56 Å². The van der Waals surface area contributed by atoms with Gasteiger partial charge in [-0.1, -0.05) is 35.9 Å². The molecule has 2 aromatic carbocycles. The highest BCUT2D eigenvalue weighted by molar-refractivity contribution is 7.92. The molecule has 0 bridgehead atoms. The summed E-state index contributed by atoms with van der Waals surface area (Å²) in [5.41, 5.74) is 1.69. The van der Waals surface area contributed by atoms with Gasteiger partial charge in [-0.3, -0.25) is 9.82 Å². The fraction of sp³-hybridized carbons (Fsp3) is 0.130. The van der Waals surface area contributed by atoms with E-state index in [1.165, 1.54) is 18.2 Å². The molecule has 0 spiro atoms. The van der Waals surface area contributed by atoms with E-state index in [1.807, 2.05) is 10.8 Å². The quantitative estimate of drug-likeness (QED) is 0.251. The van der Waals surface area contributed by atoms with Crippen molar-refractivity contribution in [1.82, 2.24) is 15.2 Å². The van der Waals surface area contributed by atoms with Crippen LogP contribution in [0, 0.1) is 0 Å². The molecule has 0 aliphatic carbocycles. The monoisotopic (exact) mass is 537 g/mol. The molecular formula is C23H19ClF3N5O3S. The predicted molar refractivity (Wildman–Crippen MR) is 131 cm³/mol. The number of benzene rings is 2. The van der Waals surface area contributed by atoms with Gasteiger partial charge in [0.05, 0.1) is 11.4 Å². The minimum atomic E-state index is -4.90. The predicted octanol–water partition coefficient (Wildman–Crippen LogP) is 5.75. The van der Waals surface area contributed by atoms with Crippen LogP contribution < -0.4 is 14.8 Å². The first-order valence-corrected chi connectivity index (χ1v) is 12.4. The van der Waals surface area contributed by atoms with Crippen LogP contribution in [-0.4, -0.2) is 35.5 Å². The normalized spacial score (nSPS) is 11.8. The van der Waals surface area contributed by atoms with Crippen molar-refractivity contribution in [3.63, 3.8) is 0 Å². The van der Waals surface area contributed by atoms with Crippen molar-refractivity contribution >= 4 is 38.9 Å². The Morgan fingerprint density at radius 2 is 1.78 bits per heavy atom. The average Bonchev–Trinajstić information content (AvgIpc) is 3.27. The van der Waals surface area contributed by atoms with E-state index in [9.17, 15) is 21.6 Å². The third-order valence-electron chi connectivity index (χ3n) is 4.72. The van der Waals surface area contributed by atoms with Crippen molar-refractivity contribution in [2.24, 2.45) is 0 Å². The van der Waals surface area contributed by atoms with E-state index in [1.54, 1.807) is 48.7 Å². The molecule has 13 heteroatoms. The van der Waals surface area contributed by atoms with Gasteiger partial charge in [-0.05, 0) is 42.0 Å². The number of sulfonamides is 1. The summed E-state index contributed by atoms with van der Waals surface area (Å²) in [4.78, 5) is 4.16. The van der Waals surface area contributed by atoms with Gasteiger partial charge >= 0.3 is 6.18 Å². The number of H-pyrrole nitrogens is 1. The minimum absolute atomic E-state index is 0.0179. The Morgan fingerprint density at radius 3 is 2.47 bits per heavy atom. The van der Waals surface area contributed by atoms with Crippen LogP contribution in [0.1, 0.15) is 5.56 Å². The van der Waals surface area contributed by atoms with Gasteiger partial charge in [-0.2, -0.15) is 18.3 Å². The molecule has 0 unspecified atom stereocenters. The Kier molecular flexibility index (Phi) is 7.36. The van der Waals surface area contributed by atoms with Crippen molar-refractivity contribution in [3.8, 4) is 17.0 Å². The number of hydrogen-bond donors (Lipinski definition) is 3. The molecule has 8 nitrogen and oxygen atoms in total. The Labute approximate surface area is 209 Å². The van der Waals surface area contributed by atoms with Crippen LogP contribution in [0.4, 0.5) is 30.5 Å². The van der Waals surface area contributed by atoms with E-state index in [-0.39, 0.29) is 18.0 Å². The molecule has 0 amide bonds. The number of halogens is 4. The van der Waals surface area contributed by atoms with Crippen LogP contribution in [-0.2, 0) is 16.6 Å². The number of anilines is 3. The van der Waals surface area contributed by atoms with Crippen LogP contribution in [0.3, 0.4) is 0 Å². The summed E-state index contributed by atoms with van der Waals surface area (Å²) in [5, 5.41) is 10.6. The number of ether oxygens (including phenoxy) is 1. The van der Waals surface area contributed by atoms with Gasteiger partial charge in [0.1, 0.15) is 18.2 Å². The number of nitrogens with zero attached hydrogens (tertiary/aromatic N) is 2. The summed E-state index contributed by atoms with van der Waals surface area (Å²) < 4.78 is 70.1. The zero-order valence-electron chi connectivity index (χ0n) is 18.4. The Morgan fingerprint density at radius 1 is 1.00 bits per heavy atom. The molecule has 0 saturated heterocycles. The van der Waals surface area contributed by atoms with Crippen molar-refractivity contribution < 1.29 is 26.3 Å². The molecule has 0 saturated carbocycles. The van der Waals surface area contributed by atoms with Crippen molar-refractivity contribution in [3.05, 3.63) is 83.5 Å². The van der Waals surface area contributed by atoms with Crippen LogP contribution in [0.5, 0.6) is 5.75 Å². The fourth-order valence-electron chi connectivity index (χ4n) is 3.16. The zero-order valence-corrected chi connectivity index (χ0v) is 20.0. The Bertz CT molecular complexity index is 1430. The molecule has 36 heavy (non-hydrogen) atoms. The average molecular weight is 538 g/mol. The van der Waals surface area contributed by atoms with Gasteiger partial charge in [0.2, 0.25) is 10.0 Å². The number of alkyl halides is 3. The van der Waals surface area contributed by atoms with Gasteiger partial charge in [0.15, 0.2) is 11.6 Å². The first kappa shape index (κ1) is 25.3. The number of pyridine rings is 1. The highest BCUT2D eigenvalue weighted by Crippen LogP contribution is 2.33. The summed E-state index contributed by atoms with van der Waals surface area (Å²) in [5.74, 6) is -0.942. The van der Waals surface area contributed by atoms with Crippen LogP contribution in [0.15, 0.2) is 72.9 Å². The van der Waals surface area contributed by atoms with Crippen LogP contribution >= 0.6 is 11.6 Å². The summed E-state index contributed by atoms with van der Waals surface area (Å²) in [6.45, 7) is 0.0179. The standard InChI is InChI=1S/C23H19ClF3N5O3S/c24-17-7-4-15(5-8-17)13-35-20-11-16(6-9-18(20)32-36(33,34)14-23(25,26)27)19-12-22(31-30-19)29-21-3-1-2-10-28-21/h1-12,32H,13-14H2,(H2,28,29,30,31). The zero-order chi connectivity index (χ0) is 25.8. The molecule has 0 aliphatic rings. The highest BCUT2D eigenvalue weighted by atomic mass is 35.5. The number of rotatable bonds is 9.